The summed E-state index contributed by atoms with van der Waals surface area (Å²) >= 11 is 5.63. The van der Waals surface area contributed by atoms with Gasteiger partial charge in [-0.1, -0.05) is 23.7 Å². The number of hydrogen-bond donors (Lipinski definition) is 1. The molecular formula is C13H9ClF2O. The molecule has 0 saturated heterocycles. The molecule has 0 aromatic heterocycles. The fourth-order valence-corrected chi connectivity index (χ4v) is 1.69. The molecule has 2 aromatic rings. The summed E-state index contributed by atoms with van der Waals surface area (Å²) in [5.74, 6) is -1.36. The molecule has 0 radical (unpaired) electrons. The van der Waals surface area contributed by atoms with Gasteiger partial charge < -0.3 is 5.11 Å². The van der Waals surface area contributed by atoms with Crippen LogP contribution < -0.4 is 0 Å². The zero-order chi connectivity index (χ0) is 12.6. The number of hydrogen-bond acceptors (Lipinski definition) is 1. The van der Waals surface area contributed by atoms with Gasteiger partial charge in [0.15, 0.2) is 0 Å². The van der Waals surface area contributed by atoms with Crippen molar-refractivity contribution in [3.63, 3.8) is 0 Å². The van der Waals surface area contributed by atoms with Gasteiger partial charge in [0.25, 0.3) is 0 Å². The summed E-state index contributed by atoms with van der Waals surface area (Å²) in [6.07, 6.45) is 0. The van der Waals surface area contributed by atoms with Gasteiger partial charge in [0.2, 0.25) is 0 Å². The Bertz CT molecular complexity index is 582. The average Bonchev–Trinajstić information content (AvgIpc) is 2.27. The number of benzene rings is 2. The monoisotopic (exact) mass is 254 g/mol. The first-order chi connectivity index (χ1) is 7.99. The molecule has 0 aliphatic rings. The highest BCUT2D eigenvalue weighted by Crippen LogP contribution is 2.34. The number of phenolic OH excluding ortho intramolecular Hbond substituents is 1. The molecule has 0 aliphatic heterocycles. The van der Waals surface area contributed by atoms with Gasteiger partial charge in [-0.25, -0.2) is 8.78 Å². The Morgan fingerprint density at radius 1 is 1.06 bits per heavy atom. The van der Waals surface area contributed by atoms with Crippen LogP contribution >= 0.6 is 11.6 Å². The molecule has 2 aromatic carbocycles. The highest BCUT2D eigenvalue weighted by atomic mass is 35.5. The molecular weight excluding hydrogens is 246 g/mol. The topological polar surface area (TPSA) is 20.2 Å². The first-order valence-corrected chi connectivity index (χ1v) is 5.31. The number of aryl methyl sites for hydroxylation is 1. The summed E-state index contributed by atoms with van der Waals surface area (Å²) in [5.41, 5.74) is 1.25. The van der Waals surface area contributed by atoms with Crippen LogP contribution in [0.15, 0.2) is 30.3 Å². The Morgan fingerprint density at radius 3 is 2.41 bits per heavy atom. The predicted molar refractivity (Wildman–Crippen MR) is 63.2 cm³/mol. The maximum Gasteiger partial charge on any atom is 0.145 e. The lowest BCUT2D eigenvalue weighted by atomic mass is 10.0. The summed E-state index contributed by atoms with van der Waals surface area (Å²) in [6.45, 7) is 1.64. The molecule has 0 saturated carbocycles. The van der Waals surface area contributed by atoms with E-state index < -0.39 is 5.82 Å². The Morgan fingerprint density at radius 2 is 1.76 bits per heavy atom. The van der Waals surface area contributed by atoms with E-state index in [4.69, 9.17) is 11.6 Å². The van der Waals surface area contributed by atoms with E-state index in [9.17, 15) is 13.9 Å². The van der Waals surface area contributed by atoms with Crippen LogP contribution in [0.2, 0.25) is 5.02 Å². The predicted octanol–water partition coefficient (Wildman–Crippen LogP) is 4.30. The summed E-state index contributed by atoms with van der Waals surface area (Å²) < 4.78 is 26.4. The third-order valence-electron chi connectivity index (χ3n) is 2.52. The highest BCUT2D eigenvalue weighted by Gasteiger charge is 2.10. The summed E-state index contributed by atoms with van der Waals surface area (Å²) in [4.78, 5) is 0. The molecule has 0 aliphatic carbocycles. The van der Waals surface area contributed by atoms with Crippen LogP contribution in [-0.2, 0) is 0 Å². The molecule has 88 valence electrons. The van der Waals surface area contributed by atoms with Gasteiger partial charge in [-0.3, -0.25) is 0 Å². The Hall–Kier alpha value is -1.61. The minimum atomic E-state index is -0.708. The Balaban J connectivity index is 2.60. The van der Waals surface area contributed by atoms with Gasteiger partial charge in [-0.15, -0.1) is 0 Å². The van der Waals surface area contributed by atoms with Gasteiger partial charge in [-0.2, -0.15) is 0 Å². The molecule has 0 fully saturated rings. The van der Waals surface area contributed by atoms with Crippen molar-refractivity contribution in [2.75, 3.05) is 0 Å². The van der Waals surface area contributed by atoms with E-state index in [2.05, 4.69) is 0 Å². The van der Waals surface area contributed by atoms with Crippen molar-refractivity contribution in [3.8, 4) is 16.9 Å². The normalized spacial score (nSPS) is 10.6. The van der Waals surface area contributed by atoms with Crippen molar-refractivity contribution >= 4 is 11.6 Å². The van der Waals surface area contributed by atoms with Gasteiger partial charge >= 0.3 is 0 Å². The zero-order valence-electron chi connectivity index (χ0n) is 8.97. The number of rotatable bonds is 1. The van der Waals surface area contributed by atoms with Crippen LogP contribution in [0.25, 0.3) is 11.1 Å². The number of halogens is 3. The van der Waals surface area contributed by atoms with E-state index >= 15 is 0 Å². The second kappa shape index (κ2) is 4.34. The number of phenols is 1. The van der Waals surface area contributed by atoms with E-state index in [0.717, 1.165) is 6.07 Å². The third-order valence-corrected chi connectivity index (χ3v) is 2.81. The summed E-state index contributed by atoms with van der Waals surface area (Å²) in [6, 6.07) is 6.69. The minimum Gasteiger partial charge on any atom is -0.507 e. The van der Waals surface area contributed by atoms with E-state index in [0.29, 0.717) is 16.7 Å². The Kier molecular flexibility index (Phi) is 3.03. The molecule has 0 heterocycles. The molecule has 1 N–H and O–H groups in total. The second-order valence-electron chi connectivity index (χ2n) is 3.75. The highest BCUT2D eigenvalue weighted by molar-refractivity contribution is 6.31. The van der Waals surface area contributed by atoms with Gasteiger partial charge in [0, 0.05) is 11.6 Å². The second-order valence-corrected chi connectivity index (χ2v) is 4.15. The maximum atomic E-state index is 13.4. The van der Waals surface area contributed by atoms with Gasteiger partial charge in [0.1, 0.15) is 17.4 Å². The molecule has 4 heteroatoms. The van der Waals surface area contributed by atoms with Crippen molar-refractivity contribution in [1.29, 1.82) is 0 Å². The van der Waals surface area contributed by atoms with Crippen LogP contribution in [0.4, 0.5) is 8.78 Å². The molecule has 17 heavy (non-hydrogen) atoms. The first-order valence-electron chi connectivity index (χ1n) is 4.93. The molecule has 0 amide bonds. The van der Waals surface area contributed by atoms with Crippen LogP contribution in [0.3, 0.4) is 0 Å². The van der Waals surface area contributed by atoms with Gasteiger partial charge in [0.05, 0.1) is 5.02 Å². The van der Waals surface area contributed by atoms with Crippen molar-refractivity contribution in [2.45, 2.75) is 6.92 Å². The average molecular weight is 255 g/mol. The smallest absolute Gasteiger partial charge is 0.145 e. The lowest BCUT2D eigenvalue weighted by Crippen LogP contribution is -1.87. The van der Waals surface area contributed by atoms with E-state index in [1.54, 1.807) is 19.1 Å². The van der Waals surface area contributed by atoms with Crippen molar-refractivity contribution in [1.82, 2.24) is 0 Å². The molecule has 1 nitrogen and oxygen atoms in total. The van der Waals surface area contributed by atoms with E-state index in [1.807, 2.05) is 0 Å². The summed E-state index contributed by atoms with van der Waals surface area (Å²) in [5, 5.41) is 9.50. The fraction of sp³-hybridized carbons (Fsp3) is 0.0769. The van der Waals surface area contributed by atoms with Crippen LogP contribution in [0, 0.1) is 18.6 Å². The van der Waals surface area contributed by atoms with Crippen LogP contribution in [-0.4, -0.2) is 5.11 Å². The fourth-order valence-electron chi connectivity index (χ4n) is 1.53. The van der Waals surface area contributed by atoms with E-state index in [1.165, 1.54) is 12.1 Å². The van der Waals surface area contributed by atoms with Crippen LogP contribution in [0.1, 0.15) is 5.56 Å². The van der Waals surface area contributed by atoms with Gasteiger partial charge in [-0.05, 0) is 30.2 Å². The standard InChI is InChI=1S/C13H9ClF2O/c1-7-2-3-8(4-11(7)15)9-5-10(14)12(16)6-13(9)17/h2-6,17H,1H3. The van der Waals surface area contributed by atoms with Crippen molar-refractivity contribution in [2.24, 2.45) is 0 Å². The minimum absolute atomic E-state index is 0.112. The lowest BCUT2D eigenvalue weighted by molar-refractivity contribution is 0.471. The molecule has 2 rings (SSSR count). The molecule has 0 bridgehead atoms. The lowest BCUT2D eigenvalue weighted by Gasteiger charge is -2.07. The van der Waals surface area contributed by atoms with E-state index in [-0.39, 0.29) is 16.6 Å². The first kappa shape index (κ1) is 11.9. The van der Waals surface area contributed by atoms with Crippen molar-refractivity contribution in [3.05, 3.63) is 52.6 Å². The quantitative estimate of drug-likeness (QED) is 0.804. The number of aromatic hydroxyl groups is 1. The summed E-state index contributed by atoms with van der Waals surface area (Å²) in [7, 11) is 0. The molecule has 0 atom stereocenters. The van der Waals surface area contributed by atoms with Crippen LogP contribution in [0.5, 0.6) is 5.75 Å². The zero-order valence-corrected chi connectivity index (χ0v) is 9.72. The van der Waals surface area contributed by atoms with Crippen molar-refractivity contribution < 1.29 is 13.9 Å². The Labute approximate surface area is 102 Å². The third kappa shape index (κ3) is 2.24. The SMILES string of the molecule is Cc1ccc(-c2cc(Cl)c(F)cc2O)cc1F. The largest absolute Gasteiger partial charge is 0.507 e. The molecule has 0 unspecified atom stereocenters. The molecule has 0 spiro atoms. The maximum absolute atomic E-state index is 13.4.